The highest BCUT2D eigenvalue weighted by Gasteiger charge is 2.19. The van der Waals surface area contributed by atoms with E-state index in [0.717, 1.165) is 42.2 Å². The number of aryl methyl sites for hydroxylation is 1. The molecule has 2 aromatic carbocycles. The van der Waals surface area contributed by atoms with E-state index in [4.69, 9.17) is 4.42 Å². The summed E-state index contributed by atoms with van der Waals surface area (Å²) in [5.41, 5.74) is 3.42. The molecule has 6 heteroatoms. The van der Waals surface area contributed by atoms with Crippen LogP contribution in [0.1, 0.15) is 42.6 Å². The Hall–Kier alpha value is -2.99. The number of hydrogen-bond donors (Lipinski definition) is 1. The molecule has 2 atom stereocenters. The van der Waals surface area contributed by atoms with Crippen molar-refractivity contribution >= 4 is 5.91 Å². The summed E-state index contributed by atoms with van der Waals surface area (Å²) >= 11 is 0. The molecule has 1 fully saturated rings. The molecule has 4 rings (SSSR count). The van der Waals surface area contributed by atoms with Crippen molar-refractivity contribution < 1.29 is 9.21 Å². The number of nitrogens with zero attached hydrogens (tertiary/aromatic N) is 3. The molecule has 3 aromatic rings. The Bertz CT molecular complexity index is 1030. The van der Waals surface area contributed by atoms with Crippen molar-refractivity contribution in [2.24, 2.45) is 5.92 Å². The predicted molar refractivity (Wildman–Crippen MR) is 122 cm³/mol. The molecule has 1 aromatic heterocycles. The third-order valence-corrected chi connectivity index (χ3v) is 5.85. The van der Waals surface area contributed by atoms with Gasteiger partial charge in [0.1, 0.15) is 0 Å². The van der Waals surface area contributed by atoms with Crippen LogP contribution in [0.25, 0.3) is 22.9 Å². The largest absolute Gasteiger partial charge is 0.416 e. The maximum Gasteiger partial charge on any atom is 0.251 e. The summed E-state index contributed by atoms with van der Waals surface area (Å²) in [6, 6.07) is 15.3. The van der Waals surface area contributed by atoms with Crippen LogP contribution in [0.2, 0.25) is 0 Å². The summed E-state index contributed by atoms with van der Waals surface area (Å²) in [7, 11) is 0. The van der Waals surface area contributed by atoms with Gasteiger partial charge in [-0.3, -0.25) is 4.79 Å². The summed E-state index contributed by atoms with van der Waals surface area (Å²) in [6.45, 7) is 9.50. The van der Waals surface area contributed by atoms with Gasteiger partial charge in [0.2, 0.25) is 11.8 Å². The van der Waals surface area contributed by atoms with Crippen LogP contribution in [0.3, 0.4) is 0 Å². The lowest BCUT2D eigenvalue weighted by atomic mass is 10.00. The maximum absolute atomic E-state index is 12.7. The molecule has 1 amide bonds. The highest BCUT2D eigenvalue weighted by atomic mass is 16.4. The fraction of sp³-hybridized carbons (Fsp3) is 0.400. The molecule has 1 aliphatic rings. The topological polar surface area (TPSA) is 71.3 Å². The molecule has 1 aliphatic heterocycles. The number of carbonyl (C=O) groups excluding carboxylic acids is 1. The van der Waals surface area contributed by atoms with Crippen LogP contribution in [0.5, 0.6) is 0 Å². The summed E-state index contributed by atoms with van der Waals surface area (Å²) in [5.74, 6) is 1.61. The van der Waals surface area contributed by atoms with E-state index in [9.17, 15) is 4.79 Å². The van der Waals surface area contributed by atoms with Gasteiger partial charge in [-0.25, -0.2) is 0 Å². The van der Waals surface area contributed by atoms with E-state index in [-0.39, 0.29) is 11.9 Å². The molecule has 0 radical (unpaired) electrons. The Balaban J connectivity index is 1.38. The molecule has 162 valence electrons. The van der Waals surface area contributed by atoms with Crippen molar-refractivity contribution in [3.05, 3.63) is 59.7 Å². The van der Waals surface area contributed by atoms with Gasteiger partial charge in [0.05, 0.1) is 0 Å². The number of benzene rings is 2. The average molecular weight is 419 g/mol. The average Bonchev–Trinajstić information content (AvgIpc) is 3.24. The van der Waals surface area contributed by atoms with E-state index < -0.39 is 0 Å². The smallest absolute Gasteiger partial charge is 0.251 e. The van der Waals surface area contributed by atoms with Gasteiger partial charge >= 0.3 is 0 Å². The molecule has 2 heterocycles. The first-order valence-corrected chi connectivity index (χ1v) is 11.0. The van der Waals surface area contributed by atoms with Gasteiger partial charge in [-0.1, -0.05) is 25.1 Å². The molecule has 6 nitrogen and oxygen atoms in total. The lowest BCUT2D eigenvalue weighted by Crippen LogP contribution is -2.45. The monoisotopic (exact) mass is 418 g/mol. The first-order chi connectivity index (χ1) is 15.0. The van der Waals surface area contributed by atoms with E-state index in [1.54, 1.807) is 12.1 Å². The van der Waals surface area contributed by atoms with Gasteiger partial charge in [-0.05, 0) is 75.0 Å². The molecule has 2 unspecified atom stereocenters. The van der Waals surface area contributed by atoms with E-state index in [1.165, 1.54) is 12.8 Å². The van der Waals surface area contributed by atoms with Crippen LogP contribution >= 0.6 is 0 Å². The molecule has 31 heavy (non-hydrogen) atoms. The van der Waals surface area contributed by atoms with Gasteiger partial charge in [0.15, 0.2) is 0 Å². The molecule has 0 saturated carbocycles. The van der Waals surface area contributed by atoms with Crippen molar-refractivity contribution in [1.82, 2.24) is 20.4 Å². The lowest BCUT2D eigenvalue weighted by molar-refractivity contribution is 0.0920. The molecule has 0 spiro atoms. The minimum Gasteiger partial charge on any atom is -0.416 e. The SMILES string of the molecule is Cc1ccccc1-c1nnc(-c2ccc(C(=O)NC(C)CN3CCCC(C)C3)cc2)o1. The first kappa shape index (κ1) is 21.2. The van der Waals surface area contributed by atoms with Crippen LogP contribution in [0.15, 0.2) is 52.9 Å². The van der Waals surface area contributed by atoms with Crippen molar-refractivity contribution in [2.45, 2.75) is 39.7 Å². The molecule has 0 aliphatic carbocycles. The van der Waals surface area contributed by atoms with Crippen molar-refractivity contribution in [2.75, 3.05) is 19.6 Å². The lowest BCUT2D eigenvalue weighted by Gasteiger charge is -2.32. The normalized spacial score (nSPS) is 18.0. The predicted octanol–water partition coefficient (Wildman–Crippen LogP) is 4.56. The highest BCUT2D eigenvalue weighted by molar-refractivity contribution is 5.94. The summed E-state index contributed by atoms with van der Waals surface area (Å²) in [6.07, 6.45) is 2.54. The number of carbonyl (C=O) groups is 1. The van der Waals surface area contributed by atoms with Crippen LogP contribution in [0.4, 0.5) is 0 Å². The first-order valence-electron chi connectivity index (χ1n) is 11.0. The molecule has 1 N–H and O–H groups in total. The molecular weight excluding hydrogens is 388 g/mol. The number of aromatic nitrogens is 2. The van der Waals surface area contributed by atoms with Gasteiger partial charge < -0.3 is 14.6 Å². The Morgan fingerprint density at radius 1 is 1.16 bits per heavy atom. The fourth-order valence-electron chi connectivity index (χ4n) is 4.22. The Morgan fingerprint density at radius 2 is 1.90 bits per heavy atom. The van der Waals surface area contributed by atoms with E-state index in [1.807, 2.05) is 43.3 Å². The fourth-order valence-corrected chi connectivity index (χ4v) is 4.22. The third kappa shape index (κ3) is 5.20. The number of amides is 1. The number of hydrogen-bond acceptors (Lipinski definition) is 5. The van der Waals surface area contributed by atoms with Crippen molar-refractivity contribution in [3.8, 4) is 22.9 Å². The molecule has 1 saturated heterocycles. The van der Waals surface area contributed by atoms with Gasteiger partial charge in [0, 0.05) is 35.8 Å². The maximum atomic E-state index is 12.7. The van der Waals surface area contributed by atoms with E-state index in [2.05, 4.69) is 34.3 Å². The third-order valence-electron chi connectivity index (χ3n) is 5.85. The Kier molecular flexibility index (Phi) is 6.47. The van der Waals surface area contributed by atoms with E-state index in [0.29, 0.717) is 17.3 Å². The quantitative estimate of drug-likeness (QED) is 0.635. The summed E-state index contributed by atoms with van der Waals surface area (Å²) in [5, 5.41) is 11.5. The second-order valence-corrected chi connectivity index (χ2v) is 8.69. The zero-order valence-corrected chi connectivity index (χ0v) is 18.5. The number of piperidine rings is 1. The van der Waals surface area contributed by atoms with Crippen molar-refractivity contribution in [1.29, 1.82) is 0 Å². The van der Waals surface area contributed by atoms with E-state index >= 15 is 0 Å². The van der Waals surface area contributed by atoms with Crippen molar-refractivity contribution in [3.63, 3.8) is 0 Å². The van der Waals surface area contributed by atoms with Gasteiger partial charge in [-0.2, -0.15) is 0 Å². The number of rotatable bonds is 6. The molecular formula is C25H30N4O2. The zero-order chi connectivity index (χ0) is 21.8. The zero-order valence-electron chi connectivity index (χ0n) is 18.5. The van der Waals surface area contributed by atoms with Crippen LogP contribution in [-0.2, 0) is 0 Å². The second-order valence-electron chi connectivity index (χ2n) is 8.69. The number of nitrogens with one attached hydrogen (secondary N) is 1. The Labute approximate surface area is 183 Å². The summed E-state index contributed by atoms with van der Waals surface area (Å²) in [4.78, 5) is 15.1. The minimum absolute atomic E-state index is 0.0600. The van der Waals surface area contributed by atoms with Crippen LogP contribution in [0, 0.1) is 12.8 Å². The molecule has 0 bridgehead atoms. The van der Waals surface area contributed by atoms with Crippen LogP contribution in [-0.4, -0.2) is 46.7 Å². The van der Waals surface area contributed by atoms with Gasteiger partial charge in [-0.15, -0.1) is 10.2 Å². The standard InChI is InChI=1S/C25H30N4O2/c1-17-7-6-14-29(15-17)16-19(3)26-23(30)20-10-12-21(13-11-20)24-27-28-25(31-24)22-9-5-4-8-18(22)2/h4-5,8-13,17,19H,6-7,14-16H2,1-3H3,(H,26,30). The van der Waals surface area contributed by atoms with Crippen LogP contribution < -0.4 is 5.32 Å². The summed E-state index contributed by atoms with van der Waals surface area (Å²) < 4.78 is 5.87. The second kappa shape index (κ2) is 9.43. The Morgan fingerprint density at radius 3 is 2.65 bits per heavy atom. The minimum atomic E-state index is -0.0600. The van der Waals surface area contributed by atoms with Gasteiger partial charge in [0.25, 0.3) is 5.91 Å². The highest BCUT2D eigenvalue weighted by Crippen LogP contribution is 2.26. The number of likely N-dealkylation sites (tertiary alicyclic amines) is 1.